The number of nitrogens with zero attached hydrogens (tertiary/aromatic N) is 1. The van der Waals surface area contributed by atoms with E-state index in [1.165, 1.54) is 5.69 Å². The number of benzene rings is 1. The highest BCUT2D eigenvalue weighted by molar-refractivity contribution is 5.55. The summed E-state index contributed by atoms with van der Waals surface area (Å²) < 4.78 is 5.13. The molecule has 0 aliphatic rings. The Morgan fingerprint density at radius 1 is 1.47 bits per heavy atom. The van der Waals surface area contributed by atoms with Crippen molar-refractivity contribution in [1.82, 2.24) is 0 Å². The Balaban J connectivity index is 2.95. The van der Waals surface area contributed by atoms with E-state index in [-0.39, 0.29) is 6.04 Å². The number of methoxy groups -OCH3 is 1. The van der Waals surface area contributed by atoms with Crippen LogP contribution in [0.15, 0.2) is 36.9 Å². The Bertz CT molecular complexity index is 350. The Hall–Kier alpha value is -1.32. The molecule has 0 unspecified atom stereocenters. The zero-order valence-electron chi connectivity index (χ0n) is 10.7. The highest BCUT2D eigenvalue weighted by atomic mass is 16.5. The van der Waals surface area contributed by atoms with Gasteiger partial charge in [-0.3, -0.25) is 0 Å². The number of hydrogen-bond donors (Lipinski definition) is 1. The lowest BCUT2D eigenvalue weighted by Crippen LogP contribution is -2.29. The second-order valence-corrected chi connectivity index (χ2v) is 4.07. The average molecular weight is 234 g/mol. The summed E-state index contributed by atoms with van der Waals surface area (Å²) in [6.07, 6.45) is 1.90. The molecular formula is C14H22N2O. The maximum absolute atomic E-state index is 5.99. The van der Waals surface area contributed by atoms with Gasteiger partial charge in [-0.1, -0.05) is 24.3 Å². The maximum atomic E-state index is 5.99. The normalized spacial score (nSPS) is 12.2. The molecule has 1 aromatic carbocycles. The molecule has 0 aliphatic heterocycles. The van der Waals surface area contributed by atoms with Gasteiger partial charge in [-0.2, -0.15) is 0 Å². The second-order valence-electron chi connectivity index (χ2n) is 4.07. The molecule has 1 rings (SSSR count). The minimum Gasteiger partial charge on any atom is -0.383 e. The Morgan fingerprint density at radius 2 is 2.18 bits per heavy atom. The summed E-state index contributed by atoms with van der Waals surface area (Å²) >= 11 is 0. The molecule has 0 heterocycles. The summed E-state index contributed by atoms with van der Waals surface area (Å²) in [5, 5.41) is 0. The van der Waals surface area contributed by atoms with Crippen molar-refractivity contribution in [2.45, 2.75) is 13.0 Å². The molecule has 1 atom stereocenters. The van der Waals surface area contributed by atoms with Gasteiger partial charge in [0.2, 0.25) is 0 Å². The Labute approximate surface area is 104 Å². The first-order valence-corrected chi connectivity index (χ1v) is 5.90. The van der Waals surface area contributed by atoms with Crippen LogP contribution in [0.5, 0.6) is 0 Å². The minimum atomic E-state index is 0.0288. The Morgan fingerprint density at radius 3 is 2.76 bits per heavy atom. The lowest BCUT2D eigenvalue weighted by Gasteiger charge is -2.26. The van der Waals surface area contributed by atoms with Gasteiger partial charge in [-0.15, -0.1) is 6.58 Å². The van der Waals surface area contributed by atoms with Gasteiger partial charge in [0.25, 0.3) is 0 Å². The van der Waals surface area contributed by atoms with E-state index in [0.29, 0.717) is 6.61 Å². The first-order valence-electron chi connectivity index (χ1n) is 5.90. The highest BCUT2D eigenvalue weighted by Gasteiger charge is 2.11. The predicted octanol–water partition coefficient (Wildman–Crippen LogP) is 2.35. The van der Waals surface area contributed by atoms with Crippen LogP contribution in [0.4, 0.5) is 5.69 Å². The molecule has 0 saturated carbocycles. The third-order valence-corrected chi connectivity index (χ3v) is 2.68. The first-order chi connectivity index (χ1) is 8.20. The molecule has 0 aromatic heterocycles. The molecule has 0 aliphatic carbocycles. The van der Waals surface area contributed by atoms with Crippen molar-refractivity contribution >= 4 is 5.69 Å². The lowest BCUT2D eigenvalue weighted by atomic mass is 10.1. The zero-order chi connectivity index (χ0) is 12.7. The molecule has 0 radical (unpaired) electrons. The minimum absolute atomic E-state index is 0.0288. The van der Waals surface area contributed by atoms with E-state index in [1.54, 1.807) is 7.11 Å². The standard InChI is InChI=1S/C14H22N2O/c1-4-9-16(10-11-17-3)14-8-6-5-7-13(14)12(2)15/h4-8,12H,1,9-11,15H2,2-3H3/t12-/m0/s1. The highest BCUT2D eigenvalue weighted by Crippen LogP contribution is 2.24. The van der Waals surface area contributed by atoms with Crippen LogP contribution in [-0.4, -0.2) is 26.8 Å². The number of para-hydroxylation sites is 1. The van der Waals surface area contributed by atoms with Crippen LogP contribution >= 0.6 is 0 Å². The van der Waals surface area contributed by atoms with E-state index >= 15 is 0 Å². The van der Waals surface area contributed by atoms with Gasteiger partial charge in [0.15, 0.2) is 0 Å². The second kappa shape index (κ2) is 7.09. The third kappa shape index (κ3) is 3.88. The Kier molecular flexibility index (Phi) is 5.73. The summed E-state index contributed by atoms with van der Waals surface area (Å²) in [6, 6.07) is 8.25. The molecule has 94 valence electrons. The van der Waals surface area contributed by atoms with Crippen molar-refractivity contribution in [3.63, 3.8) is 0 Å². The van der Waals surface area contributed by atoms with Gasteiger partial charge in [-0.25, -0.2) is 0 Å². The molecule has 17 heavy (non-hydrogen) atoms. The van der Waals surface area contributed by atoms with Gasteiger partial charge < -0.3 is 15.4 Å². The van der Waals surface area contributed by atoms with E-state index in [2.05, 4.69) is 23.6 Å². The smallest absolute Gasteiger partial charge is 0.0637 e. The molecule has 0 saturated heterocycles. The lowest BCUT2D eigenvalue weighted by molar-refractivity contribution is 0.205. The van der Waals surface area contributed by atoms with Gasteiger partial charge >= 0.3 is 0 Å². The summed E-state index contributed by atoms with van der Waals surface area (Å²) in [6.45, 7) is 8.13. The third-order valence-electron chi connectivity index (χ3n) is 2.68. The summed E-state index contributed by atoms with van der Waals surface area (Å²) in [4.78, 5) is 2.23. The van der Waals surface area contributed by atoms with Crippen LogP contribution in [0.25, 0.3) is 0 Å². The van der Waals surface area contributed by atoms with Crippen LogP contribution in [-0.2, 0) is 4.74 Å². The fraction of sp³-hybridized carbons (Fsp3) is 0.429. The van der Waals surface area contributed by atoms with Crippen LogP contribution in [0.1, 0.15) is 18.5 Å². The van der Waals surface area contributed by atoms with Gasteiger partial charge in [0.05, 0.1) is 6.61 Å². The summed E-state index contributed by atoms with van der Waals surface area (Å²) in [5.74, 6) is 0. The van der Waals surface area contributed by atoms with E-state index in [1.807, 2.05) is 25.1 Å². The number of nitrogens with two attached hydrogens (primary N) is 1. The molecule has 3 nitrogen and oxygen atoms in total. The molecule has 1 aromatic rings. The van der Waals surface area contributed by atoms with E-state index < -0.39 is 0 Å². The van der Waals surface area contributed by atoms with Crippen molar-refractivity contribution < 1.29 is 4.74 Å². The molecule has 0 amide bonds. The first kappa shape index (κ1) is 13.7. The van der Waals surface area contributed by atoms with Crippen LogP contribution < -0.4 is 10.6 Å². The quantitative estimate of drug-likeness (QED) is 0.736. The monoisotopic (exact) mass is 234 g/mol. The van der Waals surface area contributed by atoms with E-state index in [4.69, 9.17) is 10.5 Å². The SMILES string of the molecule is C=CCN(CCOC)c1ccccc1[C@H](C)N. The largest absolute Gasteiger partial charge is 0.383 e. The van der Waals surface area contributed by atoms with Crippen molar-refractivity contribution in [3.05, 3.63) is 42.5 Å². The number of rotatable bonds is 7. The average Bonchev–Trinajstić information content (AvgIpc) is 2.34. The van der Waals surface area contributed by atoms with Gasteiger partial charge in [0, 0.05) is 31.9 Å². The van der Waals surface area contributed by atoms with Crippen molar-refractivity contribution in [3.8, 4) is 0 Å². The predicted molar refractivity (Wildman–Crippen MR) is 73.3 cm³/mol. The number of hydrogen-bond acceptors (Lipinski definition) is 3. The van der Waals surface area contributed by atoms with Crippen molar-refractivity contribution in [1.29, 1.82) is 0 Å². The molecule has 0 bridgehead atoms. The van der Waals surface area contributed by atoms with E-state index in [0.717, 1.165) is 18.7 Å². The van der Waals surface area contributed by atoms with E-state index in [9.17, 15) is 0 Å². The number of ether oxygens (including phenoxy) is 1. The molecule has 2 N–H and O–H groups in total. The maximum Gasteiger partial charge on any atom is 0.0637 e. The topological polar surface area (TPSA) is 38.5 Å². The summed E-state index contributed by atoms with van der Waals surface area (Å²) in [5.41, 5.74) is 8.32. The van der Waals surface area contributed by atoms with Gasteiger partial charge in [0.1, 0.15) is 0 Å². The molecular weight excluding hydrogens is 212 g/mol. The molecule has 0 fully saturated rings. The molecule has 0 spiro atoms. The van der Waals surface area contributed by atoms with Crippen molar-refractivity contribution in [2.75, 3.05) is 31.7 Å². The van der Waals surface area contributed by atoms with Crippen LogP contribution in [0, 0.1) is 0 Å². The summed E-state index contributed by atoms with van der Waals surface area (Å²) in [7, 11) is 1.71. The van der Waals surface area contributed by atoms with Gasteiger partial charge in [-0.05, 0) is 18.6 Å². The zero-order valence-corrected chi connectivity index (χ0v) is 10.7. The van der Waals surface area contributed by atoms with Crippen molar-refractivity contribution in [2.24, 2.45) is 5.73 Å². The molecule has 3 heteroatoms. The fourth-order valence-corrected chi connectivity index (χ4v) is 1.83. The fourth-order valence-electron chi connectivity index (χ4n) is 1.83. The van der Waals surface area contributed by atoms with Crippen LogP contribution in [0.2, 0.25) is 0 Å². The van der Waals surface area contributed by atoms with Crippen LogP contribution in [0.3, 0.4) is 0 Å². The number of anilines is 1.